The van der Waals surface area contributed by atoms with Gasteiger partial charge in [-0.1, -0.05) is 25.5 Å². The molecule has 5 nitrogen and oxygen atoms in total. The van der Waals surface area contributed by atoms with Gasteiger partial charge in [-0.3, -0.25) is 4.79 Å². The summed E-state index contributed by atoms with van der Waals surface area (Å²) < 4.78 is 0. The highest BCUT2D eigenvalue weighted by Gasteiger charge is 2.28. The topological polar surface area (TPSA) is 49.3 Å². The van der Waals surface area contributed by atoms with Gasteiger partial charge in [-0.2, -0.15) is 0 Å². The van der Waals surface area contributed by atoms with E-state index in [9.17, 15) is 4.79 Å². The van der Waals surface area contributed by atoms with Crippen molar-refractivity contribution in [3.05, 3.63) is 52.5 Å². The second-order valence-corrected chi connectivity index (χ2v) is 8.34. The van der Waals surface area contributed by atoms with Crippen molar-refractivity contribution in [2.45, 2.75) is 65.3 Å². The van der Waals surface area contributed by atoms with Gasteiger partial charge >= 0.3 is 0 Å². The molecule has 0 unspecified atom stereocenters. The molecule has 0 atom stereocenters. The fourth-order valence-electron chi connectivity index (χ4n) is 4.44. The summed E-state index contributed by atoms with van der Waals surface area (Å²) in [7, 11) is 0. The highest BCUT2D eigenvalue weighted by atomic mass is 16.2. The molecule has 2 aromatic rings. The van der Waals surface area contributed by atoms with Crippen LogP contribution in [0.1, 0.15) is 72.0 Å². The predicted molar refractivity (Wildman–Crippen MR) is 116 cm³/mol. The number of aromatic nitrogens is 2. The molecule has 0 radical (unpaired) electrons. The Morgan fingerprint density at radius 1 is 1.03 bits per heavy atom. The van der Waals surface area contributed by atoms with Gasteiger partial charge in [-0.15, -0.1) is 0 Å². The number of carbonyl (C=O) groups is 1. The molecule has 154 valence electrons. The Morgan fingerprint density at radius 2 is 1.79 bits per heavy atom. The molecule has 4 rings (SSSR count). The van der Waals surface area contributed by atoms with Crippen molar-refractivity contribution in [3.63, 3.8) is 0 Å². The molecule has 3 heterocycles. The lowest BCUT2D eigenvalue weighted by molar-refractivity contribution is 0.0733. The molecule has 2 aliphatic rings. The number of rotatable bonds is 5. The molecule has 1 saturated heterocycles. The third-order valence-electron chi connectivity index (χ3n) is 6.11. The largest absolute Gasteiger partial charge is 0.356 e. The second kappa shape index (κ2) is 8.93. The Kier molecular flexibility index (Phi) is 6.12. The highest BCUT2D eigenvalue weighted by Crippen LogP contribution is 2.29. The minimum atomic E-state index is 0.114. The number of amides is 1. The number of hydrogen-bond acceptors (Lipinski definition) is 4. The molecule has 1 amide bonds. The predicted octanol–water partition coefficient (Wildman–Crippen LogP) is 4.32. The fourth-order valence-corrected chi connectivity index (χ4v) is 4.44. The minimum Gasteiger partial charge on any atom is -0.356 e. The van der Waals surface area contributed by atoms with E-state index >= 15 is 0 Å². The van der Waals surface area contributed by atoms with Gasteiger partial charge in [0.1, 0.15) is 11.6 Å². The SMILES string of the molecule is CCCCc1ccc(C(=O)N2CCc3nc(C)nc(N4CCCCC4)c3C2)cc1. The van der Waals surface area contributed by atoms with E-state index < -0.39 is 0 Å². The first-order chi connectivity index (χ1) is 14.2. The average Bonchev–Trinajstić information content (AvgIpc) is 2.77. The van der Waals surface area contributed by atoms with Crippen LogP contribution in [0, 0.1) is 6.92 Å². The zero-order valence-corrected chi connectivity index (χ0v) is 17.8. The van der Waals surface area contributed by atoms with Crippen molar-refractivity contribution in [2.75, 3.05) is 24.5 Å². The van der Waals surface area contributed by atoms with Crippen molar-refractivity contribution in [3.8, 4) is 0 Å². The van der Waals surface area contributed by atoms with E-state index in [2.05, 4.69) is 24.0 Å². The van der Waals surface area contributed by atoms with Gasteiger partial charge in [-0.05, 0) is 56.7 Å². The van der Waals surface area contributed by atoms with Crippen molar-refractivity contribution >= 4 is 11.7 Å². The Labute approximate surface area is 174 Å². The van der Waals surface area contributed by atoms with E-state index in [1.165, 1.54) is 37.7 Å². The maximum absolute atomic E-state index is 13.2. The number of carbonyl (C=O) groups excluding carboxylic acids is 1. The van der Waals surface area contributed by atoms with Gasteiger partial charge in [0, 0.05) is 37.2 Å². The molecule has 0 N–H and O–H groups in total. The van der Waals surface area contributed by atoms with Gasteiger partial charge in [0.05, 0.1) is 12.2 Å². The lowest BCUT2D eigenvalue weighted by atomic mass is 10.0. The average molecular weight is 393 g/mol. The summed E-state index contributed by atoms with van der Waals surface area (Å²) in [6.07, 6.45) is 7.98. The smallest absolute Gasteiger partial charge is 0.254 e. The zero-order chi connectivity index (χ0) is 20.2. The Morgan fingerprint density at radius 3 is 2.52 bits per heavy atom. The Bertz CT molecular complexity index is 856. The van der Waals surface area contributed by atoms with E-state index in [1.807, 2.05) is 24.0 Å². The molecule has 5 heteroatoms. The van der Waals surface area contributed by atoms with E-state index in [1.54, 1.807) is 0 Å². The summed E-state index contributed by atoms with van der Waals surface area (Å²) >= 11 is 0. The van der Waals surface area contributed by atoms with Crippen LogP contribution in [-0.2, 0) is 19.4 Å². The lowest BCUT2D eigenvalue weighted by Gasteiger charge is -2.34. The van der Waals surface area contributed by atoms with Crippen molar-refractivity contribution in [1.29, 1.82) is 0 Å². The standard InChI is InChI=1S/C24H32N4O/c1-3-4-8-19-9-11-20(12-10-19)24(29)28-16-13-22-21(17-28)23(26-18(2)25-22)27-14-6-5-7-15-27/h9-12H,3-8,13-17H2,1-2H3. The first-order valence-electron chi connectivity index (χ1n) is 11.1. The van der Waals surface area contributed by atoms with Gasteiger partial charge in [0.15, 0.2) is 0 Å². The maximum atomic E-state index is 13.2. The van der Waals surface area contributed by atoms with Gasteiger partial charge in [-0.25, -0.2) is 9.97 Å². The number of anilines is 1. The number of nitrogens with zero attached hydrogens (tertiary/aromatic N) is 4. The quantitative estimate of drug-likeness (QED) is 0.760. The van der Waals surface area contributed by atoms with E-state index in [4.69, 9.17) is 9.97 Å². The van der Waals surface area contributed by atoms with Crippen LogP contribution in [0.5, 0.6) is 0 Å². The van der Waals surface area contributed by atoms with Gasteiger partial charge in [0.25, 0.3) is 5.91 Å². The third kappa shape index (κ3) is 4.44. The summed E-state index contributed by atoms with van der Waals surface area (Å²) in [5.41, 5.74) is 4.36. The highest BCUT2D eigenvalue weighted by molar-refractivity contribution is 5.94. The van der Waals surface area contributed by atoms with Crippen LogP contribution < -0.4 is 4.90 Å². The summed E-state index contributed by atoms with van der Waals surface area (Å²) in [5, 5.41) is 0. The van der Waals surface area contributed by atoms with E-state index in [-0.39, 0.29) is 5.91 Å². The van der Waals surface area contributed by atoms with Crippen LogP contribution in [0.25, 0.3) is 0 Å². The van der Waals surface area contributed by atoms with Crippen LogP contribution in [0.3, 0.4) is 0 Å². The number of unbranched alkanes of at least 4 members (excludes halogenated alkanes) is 1. The monoisotopic (exact) mass is 392 g/mol. The zero-order valence-electron chi connectivity index (χ0n) is 17.8. The normalized spacial score (nSPS) is 16.6. The number of piperidine rings is 1. The number of benzene rings is 1. The molecular weight excluding hydrogens is 360 g/mol. The third-order valence-corrected chi connectivity index (χ3v) is 6.11. The van der Waals surface area contributed by atoms with Crippen LogP contribution in [0.2, 0.25) is 0 Å². The molecule has 0 bridgehead atoms. The first kappa shape index (κ1) is 19.9. The summed E-state index contributed by atoms with van der Waals surface area (Å²) in [6, 6.07) is 8.18. The van der Waals surface area contributed by atoms with Gasteiger partial charge in [0.2, 0.25) is 0 Å². The Balaban J connectivity index is 1.53. The van der Waals surface area contributed by atoms with Crippen LogP contribution in [-0.4, -0.2) is 40.4 Å². The first-order valence-corrected chi connectivity index (χ1v) is 11.1. The van der Waals surface area contributed by atoms with E-state index in [0.29, 0.717) is 6.54 Å². The lowest BCUT2D eigenvalue weighted by Crippen LogP contribution is -2.39. The van der Waals surface area contributed by atoms with Crippen molar-refractivity contribution < 1.29 is 4.79 Å². The molecule has 1 fully saturated rings. The van der Waals surface area contributed by atoms with Crippen LogP contribution in [0.4, 0.5) is 5.82 Å². The molecule has 1 aromatic carbocycles. The number of hydrogen-bond donors (Lipinski definition) is 0. The molecule has 0 spiro atoms. The van der Waals surface area contributed by atoms with Crippen molar-refractivity contribution in [2.24, 2.45) is 0 Å². The van der Waals surface area contributed by atoms with Crippen LogP contribution >= 0.6 is 0 Å². The summed E-state index contributed by atoms with van der Waals surface area (Å²) in [6.45, 7) is 7.62. The molecule has 1 aromatic heterocycles. The molecule has 0 aliphatic carbocycles. The van der Waals surface area contributed by atoms with E-state index in [0.717, 1.165) is 60.9 Å². The Hall–Kier alpha value is -2.43. The number of fused-ring (bicyclic) bond motifs is 1. The van der Waals surface area contributed by atoms with Crippen molar-refractivity contribution in [1.82, 2.24) is 14.9 Å². The second-order valence-electron chi connectivity index (χ2n) is 8.34. The minimum absolute atomic E-state index is 0.114. The summed E-state index contributed by atoms with van der Waals surface area (Å²) in [5.74, 6) is 2.01. The van der Waals surface area contributed by atoms with Crippen LogP contribution in [0.15, 0.2) is 24.3 Å². The number of aryl methyl sites for hydroxylation is 2. The fraction of sp³-hybridized carbons (Fsp3) is 0.542. The molecule has 29 heavy (non-hydrogen) atoms. The molecular formula is C24H32N4O. The van der Waals surface area contributed by atoms with Gasteiger partial charge < -0.3 is 9.80 Å². The molecule has 2 aliphatic heterocycles. The summed E-state index contributed by atoms with van der Waals surface area (Å²) in [4.78, 5) is 27.0. The maximum Gasteiger partial charge on any atom is 0.254 e. The molecule has 0 saturated carbocycles.